The average Bonchev–Trinajstić information content (AvgIpc) is 2.73. The SMILES string of the molecule is Cn1ncnc1CC(NN)c1ccc(Br)cn1. The van der Waals surface area contributed by atoms with Crippen molar-refractivity contribution < 1.29 is 0 Å². The molecule has 3 N–H and O–H groups in total. The first kappa shape index (κ1) is 12.2. The molecule has 1 unspecified atom stereocenters. The fourth-order valence-electron chi connectivity index (χ4n) is 1.53. The van der Waals surface area contributed by atoms with Crippen LogP contribution in [0, 0.1) is 0 Å². The van der Waals surface area contributed by atoms with Crippen molar-refractivity contribution in [1.82, 2.24) is 25.2 Å². The van der Waals surface area contributed by atoms with Crippen LogP contribution in [-0.2, 0) is 13.5 Å². The lowest BCUT2D eigenvalue weighted by atomic mass is 10.1. The number of nitrogens with zero attached hydrogens (tertiary/aromatic N) is 4. The van der Waals surface area contributed by atoms with Gasteiger partial charge < -0.3 is 0 Å². The van der Waals surface area contributed by atoms with Crippen LogP contribution in [-0.4, -0.2) is 19.7 Å². The monoisotopic (exact) mass is 296 g/mol. The van der Waals surface area contributed by atoms with Gasteiger partial charge in [0.25, 0.3) is 0 Å². The van der Waals surface area contributed by atoms with Crippen molar-refractivity contribution in [2.75, 3.05) is 0 Å². The Bertz CT molecular complexity index is 480. The molecule has 2 aromatic rings. The number of nitrogens with one attached hydrogen (secondary N) is 1. The number of rotatable bonds is 4. The van der Waals surface area contributed by atoms with Crippen LogP contribution >= 0.6 is 15.9 Å². The van der Waals surface area contributed by atoms with E-state index in [1.165, 1.54) is 6.33 Å². The predicted octanol–water partition coefficient (Wildman–Crippen LogP) is 0.720. The molecule has 0 aromatic carbocycles. The number of hydrogen-bond acceptors (Lipinski definition) is 5. The number of aryl methyl sites for hydroxylation is 1. The minimum absolute atomic E-state index is 0.0778. The number of nitrogens with two attached hydrogens (primary N) is 1. The molecule has 0 spiro atoms. The number of halogens is 1. The van der Waals surface area contributed by atoms with Gasteiger partial charge in [-0.05, 0) is 28.1 Å². The minimum atomic E-state index is -0.0778. The lowest BCUT2D eigenvalue weighted by Crippen LogP contribution is -2.31. The van der Waals surface area contributed by atoms with Gasteiger partial charge in [0.1, 0.15) is 12.2 Å². The molecular weight excluding hydrogens is 284 g/mol. The summed E-state index contributed by atoms with van der Waals surface area (Å²) in [5.41, 5.74) is 3.62. The van der Waals surface area contributed by atoms with E-state index in [2.05, 4.69) is 36.4 Å². The van der Waals surface area contributed by atoms with E-state index in [0.29, 0.717) is 6.42 Å². The van der Waals surface area contributed by atoms with Gasteiger partial charge in [-0.25, -0.2) is 4.98 Å². The number of hydrogen-bond donors (Lipinski definition) is 2. The molecule has 17 heavy (non-hydrogen) atoms. The molecule has 0 aliphatic carbocycles. The molecule has 0 amide bonds. The topological polar surface area (TPSA) is 81.7 Å². The van der Waals surface area contributed by atoms with Crippen LogP contribution in [0.2, 0.25) is 0 Å². The van der Waals surface area contributed by atoms with Crippen molar-refractivity contribution in [2.24, 2.45) is 12.9 Å². The maximum absolute atomic E-state index is 5.55. The van der Waals surface area contributed by atoms with Gasteiger partial charge in [-0.3, -0.25) is 20.9 Å². The largest absolute Gasteiger partial charge is 0.271 e. The van der Waals surface area contributed by atoms with E-state index in [1.54, 1.807) is 10.9 Å². The highest BCUT2D eigenvalue weighted by atomic mass is 79.9. The lowest BCUT2D eigenvalue weighted by Gasteiger charge is -2.14. The van der Waals surface area contributed by atoms with Crippen molar-refractivity contribution in [2.45, 2.75) is 12.5 Å². The number of aromatic nitrogens is 4. The highest BCUT2D eigenvalue weighted by molar-refractivity contribution is 9.10. The van der Waals surface area contributed by atoms with Crippen molar-refractivity contribution in [3.8, 4) is 0 Å². The first-order valence-electron chi connectivity index (χ1n) is 5.11. The molecule has 90 valence electrons. The second kappa shape index (κ2) is 5.35. The van der Waals surface area contributed by atoms with Gasteiger partial charge in [-0.1, -0.05) is 0 Å². The maximum atomic E-state index is 5.55. The average molecular weight is 297 g/mol. The van der Waals surface area contributed by atoms with Crippen molar-refractivity contribution in [3.63, 3.8) is 0 Å². The van der Waals surface area contributed by atoms with E-state index in [0.717, 1.165) is 16.0 Å². The van der Waals surface area contributed by atoms with Gasteiger partial charge in [0.15, 0.2) is 0 Å². The Balaban J connectivity index is 2.17. The number of hydrazine groups is 1. The van der Waals surface area contributed by atoms with E-state index >= 15 is 0 Å². The van der Waals surface area contributed by atoms with E-state index in [4.69, 9.17) is 5.84 Å². The molecule has 0 aliphatic heterocycles. The Labute approximate surface area is 107 Å². The molecule has 2 heterocycles. The summed E-state index contributed by atoms with van der Waals surface area (Å²) in [6, 6.07) is 3.78. The molecule has 0 radical (unpaired) electrons. The summed E-state index contributed by atoms with van der Waals surface area (Å²) in [4.78, 5) is 8.48. The third-order valence-corrected chi connectivity index (χ3v) is 2.97. The van der Waals surface area contributed by atoms with Gasteiger partial charge in [0.2, 0.25) is 0 Å². The van der Waals surface area contributed by atoms with E-state index in [-0.39, 0.29) is 6.04 Å². The zero-order chi connectivity index (χ0) is 12.3. The van der Waals surface area contributed by atoms with Crippen molar-refractivity contribution in [1.29, 1.82) is 0 Å². The molecular formula is C10H13BrN6. The molecule has 0 aliphatic rings. The number of pyridine rings is 1. The van der Waals surface area contributed by atoms with Crippen LogP contribution in [0.1, 0.15) is 17.6 Å². The Hall–Kier alpha value is -1.31. The Morgan fingerprint density at radius 3 is 2.82 bits per heavy atom. The fourth-order valence-corrected chi connectivity index (χ4v) is 1.76. The van der Waals surface area contributed by atoms with Gasteiger partial charge in [0.05, 0.1) is 11.7 Å². The summed E-state index contributed by atoms with van der Waals surface area (Å²) in [6.45, 7) is 0. The zero-order valence-electron chi connectivity index (χ0n) is 9.34. The molecule has 2 aromatic heterocycles. The van der Waals surface area contributed by atoms with Crippen molar-refractivity contribution in [3.05, 3.63) is 40.6 Å². The van der Waals surface area contributed by atoms with Gasteiger partial charge in [-0.2, -0.15) is 5.10 Å². The van der Waals surface area contributed by atoms with E-state index in [9.17, 15) is 0 Å². The van der Waals surface area contributed by atoms with Gasteiger partial charge in [-0.15, -0.1) is 0 Å². The normalized spacial score (nSPS) is 12.6. The third-order valence-electron chi connectivity index (χ3n) is 2.50. The quantitative estimate of drug-likeness (QED) is 0.642. The standard InChI is InChI=1S/C10H13BrN6/c1-17-10(14-6-15-17)4-9(16-12)8-3-2-7(11)5-13-8/h2-3,5-6,9,16H,4,12H2,1H3. The molecule has 0 bridgehead atoms. The van der Waals surface area contributed by atoms with Crippen LogP contribution in [0.3, 0.4) is 0 Å². The summed E-state index contributed by atoms with van der Waals surface area (Å²) in [5.74, 6) is 6.41. The summed E-state index contributed by atoms with van der Waals surface area (Å²) in [7, 11) is 1.85. The molecule has 7 heteroatoms. The Kier molecular flexibility index (Phi) is 3.82. The minimum Gasteiger partial charge on any atom is -0.271 e. The second-order valence-electron chi connectivity index (χ2n) is 3.62. The third kappa shape index (κ3) is 2.87. The molecule has 6 nitrogen and oxygen atoms in total. The van der Waals surface area contributed by atoms with Crippen LogP contribution in [0.25, 0.3) is 0 Å². The van der Waals surface area contributed by atoms with Gasteiger partial charge in [0, 0.05) is 24.1 Å². The van der Waals surface area contributed by atoms with Crippen LogP contribution < -0.4 is 11.3 Å². The summed E-state index contributed by atoms with van der Waals surface area (Å²) in [5, 5.41) is 4.02. The summed E-state index contributed by atoms with van der Waals surface area (Å²) >= 11 is 3.35. The van der Waals surface area contributed by atoms with E-state index < -0.39 is 0 Å². The molecule has 1 atom stereocenters. The predicted molar refractivity (Wildman–Crippen MR) is 66.7 cm³/mol. The van der Waals surface area contributed by atoms with E-state index in [1.807, 2.05) is 19.2 Å². The Morgan fingerprint density at radius 1 is 1.47 bits per heavy atom. The molecule has 2 rings (SSSR count). The molecule has 0 saturated carbocycles. The van der Waals surface area contributed by atoms with Crippen molar-refractivity contribution >= 4 is 15.9 Å². The van der Waals surface area contributed by atoms with Gasteiger partial charge >= 0.3 is 0 Å². The van der Waals surface area contributed by atoms with Crippen LogP contribution in [0.15, 0.2) is 29.1 Å². The molecule has 0 fully saturated rings. The summed E-state index contributed by atoms with van der Waals surface area (Å²) in [6.07, 6.45) is 3.91. The first-order valence-corrected chi connectivity index (χ1v) is 5.90. The fraction of sp³-hybridized carbons (Fsp3) is 0.300. The van der Waals surface area contributed by atoms with Crippen LogP contribution in [0.5, 0.6) is 0 Å². The maximum Gasteiger partial charge on any atom is 0.138 e. The second-order valence-corrected chi connectivity index (χ2v) is 4.54. The zero-order valence-corrected chi connectivity index (χ0v) is 10.9. The highest BCUT2D eigenvalue weighted by Gasteiger charge is 2.14. The first-order chi connectivity index (χ1) is 8.20. The Morgan fingerprint density at radius 2 is 2.29 bits per heavy atom. The highest BCUT2D eigenvalue weighted by Crippen LogP contribution is 2.16. The lowest BCUT2D eigenvalue weighted by molar-refractivity contribution is 0.512. The summed E-state index contributed by atoms with van der Waals surface area (Å²) < 4.78 is 2.67. The smallest absolute Gasteiger partial charge is 0.138 e. The molecule has 0 saturated heterocycles. The van der Waals surface area contributed by atoms with Crippen LogP contribution in [0.4, 0.5) is 0 Å².